The normalized spacial score (nSPS) is 16.9. The average molecular weight is 265 g/mol. The number of rotatable bonds is 3. The Labute approximate surface area is 113 Å². The van der Waals surface area contributed by atoms with Crippen LogP contribution in [0.25, 0.3) is 0 Å². The molecular weight excluding hydrogens is 246 g/mol. The third-order valence-electron chi connectivity index (χ3n) is 3.06. The van der Waals surface area contributed by atoms with E-state index >= 15 is 0 Å². The summed E-state index contributed by atoms with van der Waals surface area (Å²) in [7, 11) is 0. The summed E-state index contributed by atoms with van der Waals surface area (Å²) in [6.07, 6.45) is 7.94. The van der Waals surface area contributed by atoms with E-state index in [-0.39, 0.29) is 0 Å². The van der Waals surface area contributed by atoms with Crippen molar-refractivity contribution in [3.05, 3.63) is 23.7 Å². The minimum Gasteiger partial charge on any atom is -0.460 e. The van der Waals surface area contributed by atoms with Crippen LogP contribution < -0.4 is 10.7 Å². The van der Waals surface area contributed by atoms with E-state index in [0.29, 0.717) is 11.2 Å². The van der Waals surface area contributed by atoms with Crippen LogP contribution in [0, 0.1) is 6.92 Å². The number of thiocarbonyl (C=S) groups is 1. The van der Waals surface area contributed by atoms with Gasteiger partial charge in [-0.3, -0.25) is 5.43 Å². The molecule has 0 aliphatic heterocycles. The van der Waals surface area contributed by atoms with Crippen LogP contribution in [0.1, 0.15) is 43.6 Å². The van der Waals surface area contributed by atoms with Crippen LogP contribution in [0.15, 0.2) is 21.7 Å². The highest BCUT2D eigenvalue weighted by Gasteiger charge is 2.13. The van der Waals surface area contributed by atoms with Crippen molar-refractivity contribution in [2.75, 3.05) is 0 Å². The van der Waals surface area contributed by atoms with E-state index in [1.165, 1.54) is 32.1 Å². The van der Waals surface area contributed by atoms with E-state index in [2.05, 4.69) is 15.8 Å². The van der Waals surface area contributed by atoms with Crippen molar-refractivity contribution in [2.24, 2.45) is 5.10 Å². The van der Waals surface area contributed by atoms with Crippen molar-refractivity contribution in [1.29, 1.82) is 0 Å². The fourth-order valence-electron chi connectivity index (χ4n) is 2.14. The van der Waals surface area contributed by atoms with Gasteiger partial charge in [0.1, 0.15) is 11.5 Å². The van der Waals surface area contributed by atoms with E-state index in [4.69, 9.17) is 16.6 Å². The molecule has 1 aliphatic carbocycles. The molecule has 0 radical (unpaired) electrons. The van der Waals surface area contributed by atoms with Crippen molar-refractivity contribution in [3.63, 3.8) is 0 Å². The van der Waals surface area contributed by atoms with Gasteiger partial charge in [-0.15, -0.1) is 0 Å². The topological polar surface area (TPSA) is 49.6 Å². The molecule has 1 aromatic heterocycles. The van der Waals surface area contributed by atoms with Crippen LogP contribution in [-0.2, 0) is 0 Å². The summed E-state index contributed by atoms with van der Waals surface area (Å²) in [5.74, 6) is 1.60. The predicted octanol–water partition coefficient (Wildman–Crippen LogP) is 2.72. The maximum atomic E-state index is 5.36. The number of furan rings is 1. The van der Waals surface area contributed by atoms with Gasteiger partial charge in [0.05, 0.1) is 6.21 Å². The number of hydrogen-bond donors (Lipinski definition) is 2. The molecule has 0 aromatic carbocycles. The molecule has 0 spiro atoms. The highest BCUT2D eigenvalue weighted by Crippen LogP contribution is 2.17. The number of nitrogens with one attached hydrogen (secondary N) is 2. The third-order valence-corrected chi connectivity index (χ3v) is 3.27. The van der Waals surface area contributed by atoms with Crippen LogP contribution >= 0.6 is 12.2 Å². The lowest BCUT2D eigenvalue weighted by atomic mass is 9.96. The van der Waals surface area contributed by atoms with Crippen LogP contribution in [-0.4, -0.2) is 17.4 Å². The third kappa shape index (κ3) is 4.14. The van der Waals surface area contributed by atoms with Gasteiger partial charge in [-0.05, 0) is 44.1 Å². The minimum absolute atomic E-state index is 0.500. The van der Waals surface area contributed by atoms with Gasteiger partial charge in [-0.25, -0.2) is 0 Å². The molecule has 1 saturated carbocycles. The zero-order chi connectivity index (χ0) is 12.8. The van der Waals surface area contributed by atoms with Gasteiger partial charge >= 0.3 is 0 Å². The number of aryl methyl sites for hydroxylation is 1. The summed E-state index contributed by atoms with van der Waals surface area (Å²) < 4.78 is 5.36. The largest absolute Gasteiger partial charge is 0.460 e. The number of hydrazone groups is 1. The smallest absolute Gasteiger partial charge is 0.187 e. The molecule has 98 valence electrons. The number of hydrogen-bond acceptors (Lipinski definition) is 3. The zero-order valence-electron chi connectivity index (χ0n) is 10.6. The molecule has 2 N–H and O–H groups in total. The first-order valence-electron chi connectivity index (χ1n) is 6.40. The lowest BCUT2D eigenvalue weighted by Gasteiger charge is -2.23. The first-order chi connectivity index (χ1) is 8.74. The molecule has 18 heavy (non-hydrogen) atoms. The molecule has 1 aromatic rings. The summed E-state index contributed by atoms with van der Waals surface area (Å²) in [5.41, 5.74) is 2.82. The molecule has 1 aliphatic rings. The first-order valence-corrected chi connectivity index (χ1v) is 6.81. The van der Waals surface area contributed by atoms with Gasteiger partial charge < -0.3 is 9.73 Å². The molecule has 1 fully saturated rings. The molecule has 0 bridgehead atoms. The van der Waals surface area contributed by atoms with Crippen LogP contribution in [0.3, 0.4) is 0 Å². The first kappa shape index (κ1) is 13.1. The summed E-state index contributed by atoms with van der Waals surface area (Å²) in [4.78, 5) is 0. The lowest BCUT2D eigenvalue weighted by Crippen LogP contribution is -2.40. The van der Waals surface area contributed by atoms with Gasteiger partial charge in [0.2, 0.25) is 0 Å². The molecule has 0 unspecified atom stereocenters. The quantitative estimate of drug-likeness (QED) is 0.501. The second-order valence-electron chi connectivity index (χ2n) is 4.63. The van der Waals surface area contributed by atoms with Gasteiger partial charge in [0.25, 0.3) is 0 Å². The Morgan fingerprint density at radius 3 is 2.83 bits per heavy atom. The van der Waals surface area contributed by atoms with Gasteiger partial charge in [0.15, 0.2) is 5.11 Å². The van der Waals surface area contributed by atoms with Crippen molar-refractivity contribution >= 4 is 23.5 Å². The summed E-state index contributed by atoms with van der Waals surface area (Å²) >= 11 is 5.19. The molecule has 0 atom stereocenters. The summed E-state index contributed by atoms with van der Waals surface area (Å²) in [5, 5.41) is 7.92. The van der Waals surface area contributed by atoms with Gasteiger partial charge in [-0.1, -0.05) is 19.3 Å². The maximum Gasteiger partial charge on any atom is 0.187 e. The molecule has 2 rings (SSSR count). The molecule has 4 nitrogen and oxygen atoms in total. The standard InChI is InChI=1S/C13H19N3OS/c1-10-7-8-12(17-10)9-14-16-13(18)15-11-5-3-2-4-6-11/h7-9,11H,2-6H2,1H3,(H2,15,16,18). The van der Waals surface area contributed by atoms with Gasteiger partial charge in [-0.2, -0.15) is 5.10 Å². The Kier molecular flexibility index (Phi) is 4.75. The van der Waals surface area contributed by atoms with Crippen molar-refractivity contribution in [3.8, 4) is 0 Å². The zero-order valence-corrected chi connectivity index (χ0v) is 11.4. The van der Waals surface area contributed by atoms with Crippen LogP contribution in [0.4, 0.5) is 0 Å². The SMILES string of the molecule is Cc1ccc(C=NNC(=S)NC2CCCCC2)o1. The Hall–Kier alpha value is -1.36. The highest BCUT2D eigenvalue weighted by atomic mass is 32.1. The van der Waals surface area contributed by atoms with Crippen molar-refractivity contribution < 1.29 is 4.42 Å². The average Bonchev–Trinajstić information content (AvgIpc) is 2.76. The van der Waals surface area contributed by atoms with E-state index in [9.17, 15) is 0 Å². The molecular formula is C13H19N3OS. The minimum atomic E-state index is 0.500. The predicted molar refractivity (Wildman–Crippen MR) is 76.8 cm³/mol. The Morgan fingerprint density at radius 2 is 2.17 bits per heavy atom. The van der Waals surface area contributed by atoms with E-state index < -0.39 is 0 Å². The van der Waals surface area contributed by atoms with Crippen LogP contribution in [0.2, 0.25) is 0 Å². The van der Waals surface area contributed by atoms with Crippen LogP contribution in [0.5, 0.6) is 0 Å². The Bertz CT molecular complexity index is 422. The summed E-state index contributed by atoms with van der Waals surface area (Å²) in [6, 6.07) is 4.28. The van der Waals surface area contributed by atoms with Crippen molar-refractivity contribution in [2.45, 2.75) is 45.1 Å². The van der Waals surface area contributed by atoms with E-state index in [1.807, 2.05) is 19.1 Å². The maximum absolute atomic E-state index is 5.36. The fraction of sp³-hybridized carbons (Fsp3) is 0.538. The monoisotopic (exact) mass is 265 g/mol. The molecule has 0 saturated heterocycles. The molecule has 1 heterocycles. The Balaban J connectivity index is 1.72. The van der Waals surface area contributed by atoms with E-state index in [1.54, 1.807) is 6.21 Å². The van der Waals surface area contributed by atoms with Crippen molar-refractivity contribution in [1.82, 2.24) is 10.7 Å². The second kappa shape index (κ2) is 6.54. The fourth-order valence-corrected chi connectivity index (χ4v) is 2.36. The molecule has 5 heteroatoms. The lowest BCUT2D eigenvalue weighted by molar-refractivity contribution is 0.412. The molecule has 0 amide bonds. The summed E-state index contributed by atoms with van der Waals surface area (Å²) in [6.45, 7) is 1.90. The van der Waals surface area contributed by atoms with Gasteiger partial charge in [0, 0.05) is 6.04 Å². The number of nitrogens with zero attached hydrogens (tertiary/aromatic N) is 1. The second-order valence-corrected chi connectivity index (χ2v) is 5.04. The van der Waals surface area contributed by atoms with E-state index in [0.717, 1.165) is 11.5 Å². The Morgan fingerprint density at radius 1 is 1.39 bits per heavy atom. The highest BCUT2D eigenvalue weighted by molar-refractivity contribution is 7.80.